The van der Waals surface area contributed by atoms with Crippen LogP contribution in [0.4, 0.5) is 0 Å². The molecule has 0 amide bonds. The van der Waals surface area contributed by atoms with Crippen molar-refractivity contribution in [1.82, 2.24) is 10.3 Å². The van der Waals surface area contributed by atoms with Gasteiger partial charge in [-0.3, -0.25) is 0 Å². The largest absolute Gasteiger partial charge is 0.310 e. The second kappa shape index (κ2) is 7.03. The molecule has 1 atom stereocenters. The smallest absolute Gasteiger partial charge is 0.144 e. The normalized spacial score (nSPS) is 12.4. The zero-order valence-corrected chi connectivity index (χ0v) is 10.9. The summed E-state index contributed by atoms with van der Waals surface area (Å²) < 4.78 is 0. The standard InChI is InChI=1S/C14H21N3/c1-11(2)6-7-12(3)17-10-13-5-4-8-16-14(13)9-15/h4-5,8,11-12,17H,6-7,10H2,1-3H3. The van der Waals surface area contributed by atoms with E-state index in [1.54, 1.807) is 6.20 Å². The molecular weight excluding hydrogens is 210 g/mol. The van der Waals surface area contributed by atoms with E-state index in [0.717, 1.165) is 18.0 Å². The van der Waals surface area contributed by atoms with Crippen LogP contribution in [0.5, 0.6) is 0 Å². The second-order valence-corrected chi connectivity index (χ2v) is 4.88. The summed E-state index contributed by atoms with van der Waals surface area (Å²) in [6, 6.07) is 6.42. The molecule has 1 N–H and O–H groups in total. The molecule has 1 unspecified atom stereocenters. The number of nitrogens with zero attached hydrogens (tertiary/aromatic N) is 2. The summed E-state index contributed by atoms with van der Waals surface area (Å²) >= 11 is 0. The van der Waals surface area contributed by atoms with E-state index in [4.69, 9.17) is 5.26 Å². The summed E-state index contributed by atoms with van der Waals surface area (Å²) in [5, 5.41) is 12.4. The van der Waals surface area contributed by atoms with Crippen LogP contribution in [0.2, 0.25) is 0 Å². The van der Waals surface area contributed by atoms with Gasteiger partial charge in [0.25, 0.3) is 0 Å². The van der Waals surface area contributed by atoms with Gasteiger partial charge in [0.15, 0.2) is 0 Å². The molecule has 1 aromatic heterocycles. The molecule has 0 aliphatic heterocycles. The van der Waals surface area contributed by atoms with Crippen molar-refractivity contribution in [3.63, 3.8) is 0 Å². The Kier molecular flexibility index (Phi) is 5.65. The van der Waals surface area contributed by atoms with Gasteiger partial charge in [-0.1, -0.05) is 19.9 Å². The van der Waals surface area contributed by atoms with Gasteiger partial charge in [0.1, 0.15) is 11.8 Å². The Labute approximate surface area is 104 Å². The van der Waals surface area contributed by atoms with Crippen molar-refractivity contribution in [3.05, 3.63) is 29.6 Å². The summed E-state index contributed by atoms with van der Waals surface area (Å²) in [5.41, 5.74) is 1.50. The Hall–Kier alpha value is -1.40. The van der Waals surface area contributed by atoms with Gasteiger partial charge in [0, 0.05) is 24.3 Å². The average molecular weight is 231 g/mol. The number of rotatable bonds is 6. The molecular formula is C14H21N3. The zero-order chi connectivity index (χ0) is 12.7. The molecule has 0 aliphatic carbocycles. The molecule has 0 saturated heterocycles. The topological polar surface area (TPSA) is 48.7 Å². The maximum Gasteiger partial charge on any atom is 0.144 e. The minimum atomic E-state index is 0.476. The fraction of sp³-hybridized carbons (Fsp3) is 0.571. The van der Waals surface area contributed by atoms with Crippen LogP contribution in [-0.4, -0.2) is 11.0 Å². The molecule has 3 nitrogen and oxygen atoms in total. The third-order valence-electron chi connectivity index (χ3n) is 2.82. The van der Waals surface area contributed by atoms with E-state index >= 15 is 0 Å². The summed E-state index contributed by atoms with van der Waals surface area (Å²) in [6.07, 6.45) is 4.05. The highest BCUT2D eigenvalue weighted by Gasteiger charge is 2.06. The van der Waals surface area contributed by atoms with Gasteiger partial charge in [0.05, 0.1) is 0 Å². The highest BCUT2D eigenvalue weighted by atomic mass is 14.9. The first-order chi connectivity index (χ1) is 8.13. The summed E-state index contributed by atoms with van der Waals surface area (Å²) in [4.78, 5) is 4.05. The minimum Gasteiger partial charge on any atom is -0.310 e. The van der Waals surface area contributed by atoms with E-state index in [0.29, 0.717) is 11.7 Å². The maximum absolute atomic E-state index is 8.92. The van der Waals surface area contributed by atoms with E-state index in [1.165, 1.54) is 12.8 Å². The Morgan fingerprint density at radius 2 is 2.12 bits per heavy atom. The van der Waals surface area contributed by atoms with Gasteiger partial charge in [-0.25, -0.2) is 4.98 Å². The maximum atomic E-state index is 8.92. The lowest BCUT2D eigenvalue weighted by atomic mass is 10.0. The highest BCUT2D eigenvalue weighted by molar-refractivity contribution is 5.30. The molecule has 1 aromatic rings. The minimum absolute atomic E-state index is 0.476. The first-order valence-electron chi connectivity index (χ1n) is 6.21. The van der Waals surface area contributed by atoms with Crippen molar-refractivity contribution in [2.24, 2.45) is 5.92 Å². The van der Waals surface area contributed by atoms with Crippen LogP contribution in [-0.2, 0) is 6.54 Å². The molecule has 0 radical (unpaired) electrons. The molecule has 17 heavy (non-hydrogen) atoms. The molecule has 0 saturated carbocycles. The van der Waals surface area contributed by atoms with E-state index in [1.807, 2.05) is 12.1 Å². The number of aromatic nitrogens is 1. The quantitative estimate of drug-likeness (QED) is 0.819. The number of nitriles is 1. The SMILES string of the molecule is CC(C)CCC(C)NCc1cccnc1C#N. The molecule has 1 heterocycles. The first kappa shape index (κ1) is 13.7. The fourth-order valence-corrected chi connectivity index (χ4v) is 1.65. The number of nitrogens with one attached hydrogen (secondary N) is 1. The van der Waals surface area contributed by atoms with Crippen LogP contribution in [0.15, 0.2) is 18.3 Å². The second-order valence-electron chi connectivity index (χ2n) is 4.88. The van der Waals surface area contributed by atoms with Crippen LogP contribution < -0.4 is 5.32 Å². The molecule has 0 spiro atoms. The third-order valence-corrected chi connectivity index (χ3v) is 2.82. The third kappa shape index (κ3) is 4.97. The van der Waals surface area contributed by atoms with Gasteiger partial charge < -0.3 is 5.32 Å². The van der Waals surface area contributed by atoms with Gasteiger partial charge >= 0.3 is 0 Å². The van der Waals surface area contributed by atoms with Gasteiger partial charge in [-0.05, 0) is 31.7 Å². The van der Waals surface area contributed by atoms with Crippen LogP contribution >= 0.6 is 0 Å². The van der Waals surface area contributed by atoms with Gasteiger partial charge in [-0.2, -0.15) is 5.26 Å². The predicted molar refractivity (Wildman–Crippen MR) is 69.3 cm³/mol. The zero-order valence-electron chi connectivity index (χ0n) is 10.9. The van der Waals surface area contributed by atoms with Gasteiger partial charge in [-0.15, -0.1) is 0 Å². The van der Waals surface area contributed by atoms with Crippen molar-refractivity contribution in [1.29, 1.82) is 5.26 Å². The molecule has 0 bridgehead atoms. The Balaban J connectivity index is 2.42. The monoisotopic (exact) mass is 231 g/mol. The van der Waals surface area contributed by atoms with E-state index in [2.05, 4.69) is 37.1 Å². The van der Waals surface area contributed by atoms with Crippen LogP contribution in [0, 0.1) is 17.2 Å². The lowest BCUT2D eigenvalue weighted by Gasteiger charge is -2.15. The first-order valence-corrected chi connectivity index (χ1v) is 6.21. The van der Waals surface area contributed by atoms with Crippen molar-refractivity contribution < 1.29 is 0 Å². The van der Waals surface area contributed by atoms with Crippen molar-refractivity contribution in [2.75, 3.05) is 0 Å². The molecule has 92 valence electrons. The lowest BCUT2D eigenvalue weighted by molar-refractivity contribution is 0.450. The van der Waals surface area contributed by atoms with Crippen molar-refractivity contribution in [2.45, 2.75) is 46.2 Å². The summed E-state index contributed by atoms with van der Waals surface area (Å²) in [5.74, 6) is 0.743. The van der Waals surface area contributed by atoms with Crippen molar-refractivity contribution in [3.8, 4) is 6.07 Å². The van der Waals surface area contributed by atoms with Crippen molar-refractivity contribution >= 4 is 0 Å². The average Bonchev–Trinajstić information content (AvgIpc) is 2.34. The van der Waals surface area contributed by atoms with E-state index < -0.39 is 0 Å². The molecule has 1 rings (SSSR count). The highest BCUT2D eigenvalue weighted by Crippen LogP contribution is 2.08. The van der Waals surface area contributed by atoms with Crippen LogP contribution in [0.3, 0.4) is 0 Å². The fourth-order valence-electron chi connectivity index (χ4n) is 1.65. The summed E-state index contributed by atoms with van der Waals surface area (Å²) in [6.45, 7) is 7.38. The number of hydrogen-bond donors (Lipinski definition) is 1. The van der Waals surface area contributed by atoms with E-state index in [9.17, 15) is 0 Å². The Morgan fingerprint density at radius 3 is 2.76 bits per heavy atom. The molecule has 3 heteroatoms. The molecule has 0 aromatic carbocycles. The van der Waals surface area contributed by atoms with Crippen LogP contribution in [0.25, 0.3) is 0 Å². The summed E-state index contributed by atoms with van der Waals surface area (Å²) in [7, 11) is 0. The molecule has 0 fully saturated rings. The lowest BCUT2D eigenvalue weighted by Crippen LogP contribution is -2.26. The Morgan fingerprint density at radius 1 is 1.35 bits per heavy atom. The number of pyridine rings is 1. The van der Waals surface area contributed by atoms with Gasteiger partial charge in [0.2, 0.25) is 0 Å². The number of hydrogen-bond acceptors (Lipinski definition) is 3. The Bertz CT molecular complexity index is 379. The van der Waals surface area contributed by atoms with E-state index in [-0.39, 0.29) is 0 Å². The molecule has 0 aliphatic rings. The van der Waals surface area contributed by atoms with Crippen LogP contribution in [0.1, 0.15) is 44.9 Å². The predicted octanol–water partition coefficient (Wildman–Crippen LogP) is 2.87.